The number of aliphatic hydroxyl groups is 1. The maximum absolute atomic E-state index is 14.3. The summed E-state index contributed by atoms with van der Waals surface area (Å²) >= 11 is 1.24. The van der Waals surface area contributed by atoms with Crippen molar-refractivity contribution in [2.75, 3.05) is 12.4 Å². The molecule has 1 saturated heterocycles. The zero-order valence-electron chi connectivity index (χ0n) is 15.8. The molecular weight excluding hydrogens is 391 g/mol. The van der Waals surface area contributed by atoms with Gasteiger partial charge in [0.15, 0.2) is 5.72 Å². The molecule has 2 heterocycles. The third kappa shape index (κ3) is 3.18. The van der Waals surface area contributed by atoms with E-state index in [2.05, 4.69) is 6.07 Å². The number of allylic oxidation sites excluding steroid dienone is 1. The number of thioether (sulfide) groups is 1. The zero-order chi connectivity index (χ0) is 20.6. The van der Waals surface area contributed by atoms with Gasteiger partial charge >= 0.3 is 0 Å². The van der Waals surface area contributed by atoms with Crippen molar-refractivity contribution < 1.29 is 19.0 Å². The van der Waals surface area contributed by atoms with Crippen LogP contribution in [0.5, 0.6) is 5.75 Å². The zero-order valence-corrected chi connectivity index (χ0v) is 16.6. The number of nitrogens with zero attached hydrogens (tertiary/aromatic N) is 2. The number of halogens is 1. The maximum atomic E-state index is 14.3. The van der Waals surface area contributed by atoms with Crippen LogP contribution in [0.25, 0.3) is 0 Å². The highest BCUT2D eigenvalue weighted by atomic mass is 32.2. The van der Waals surface area contributed by atoms with Crippen LogP contribution in [0, 0.1) is 17.1 Å². The molecule has 2 aliphatic rings. The normalized spacial score (nSPS) is 23.7. The van der Waals surface area contributed by atoms with E-state index in [1.165, 1.54) is 22.7 Å². The van der Waals surface area contributed by atoms with Gasteiger partial charge in [0.05, 0.1) is 29.0 Å². The molecule has 0 bridgehead atoms. The molecule has 2 aromatic carbocycles. The van der Waals surface area contributed by atoms with Gasteiger partial charge < -0.3 is 9.84 Å². The number of carbonyl (C=O) groups is 1. The average Bonchev–Trinajstić information content (AvgIpc) is 3.08. The molecule has 7 heteroatoms. The standard InChI is InChI=1S/C22H19FN2O3S/c1-2-28-15-9-7-14(8-10-15)22(27)13-29-21-18(12-24)17(11-20(26)25(21)22)16-5-3-4-6-19(16)23/h3-10,17,27H,2,11,13H2,1H3/t17-,22-/m1/s1. The third-order valence-electron chi connectivity index (χ3n) is 5.22. The van der Waals surface area contributed by atoms with Gasteiger partial charge in [0, 0.05) is 17.9 Å². The summed E-state index contributed by atoms with van der Waals surface area (Å²) in [7, 11) is 0. The first-order valence-corrected chi connectivity index (χ1v) is 10.3. The highest BCUT2D eigenvalue weighted by Gasteiger charge is 2.52. The Morgan fingerprint density at radius 1 is 1.31 bits per heavy atom. The highest BCUT2D eigenvalue weighted by molar-refractivity contribution is 8.03. The molecule has 0 aliphatic carbocycles. The van der Waals surface area contributed by atoms with Crippen LogP contribution in [0.3, 0.4) is 0 Å². The number of ether oxygens (including phenoxy) is 1. The smallest absolute Gasteiger partial charge is 0.231 e. The number of benzene rings is 2. The Hall–Kier alpha value is -2.82. The van der Waals surface area contributed by atoms with Gasteiger partial charge in [-0.2, -0.15) is 5.26 Å². The lowest BCUT2D eigenvalue weighted by molar-refractivity contribution is -0.149. The van der Waals surface area contributed by atoms with Crippen LogP contribution in [0.1, 0.15) is 30.4 Å². The summed E-state index contributed by atoms with van der Waals surface area (Å²) in [5.74, 6) is -0.582. The fourth-order valence-electron chi connectivity index (χ4n) is 3.85. The van der Waals surface area contributed by atoms with Crippen molar-refractivity contribution in [1.82, 2.24) is 4.90 Å². The topological polar surface area (TPSA) is 73.6 Å². The SMILES string of the molecule is CCOc1ccc([C@]2(O)CSC3=C(C#N)[C@@H](c4ccccc4F)CC(=O)N32)cc1. The molecule has 0 spiro atoms. The first kappa shape index (κ1) is 19.5. The van der Waals surface area contributed by atoms with E-state index in [0.717, 1.165) is 0 Å². The van der Waals surface area contributed by atoms with Gasteiger partial charge in [-0.25, -0.2) is 4.39 Å². The number of fused-ring (bicyclic) bond motifs is 1. The summed E-state index contributed by atoms with van der Waals surface area (Å²) in [4.78, 5) is 14.3. The lowest BCUT2D eigenvalue weighted by atomic mass is 9.85. The Bertz CT molecular complexity index is 1030. The lowest BCUT2D eigenvalue weighted by Crippen LogP contribution is -2.48. The molecule has 0 radical (unpaired) electrons. The summed E-state index contributed by atoms with van der Waals surface area (Å²) in [6.45, 7) is 2.41. The van der Waals surface area contributed by atoms with Gasteiger partial charge in [0.2, 0.25) is 5.91 Å². The molecule has 2 atom stereocenters. The van der Waals surface area contributed by atoms with Crippen LogP contribution in [-0.4, -0.2) is 28.3 Å². The molecule has 4 rings (SSSR count). The van der Waals surface area contributed by atoms with Crippen molar-refractivity contribution in [3.63, 3.8) is 0 Å². The van der Waals surface area contributed by atoms with Gasteiger partial charge in [0.1, 0.15) is 11.6 Å². The van der Waals surface area contributed by atoms with Crippen molar-refractivity contribution in [2.24, 2.45) is 0 Å². The molecule has 2 aromatic rings. The number of hydrogen-bond acceptors (Lipinski definition) is 5. The second-order valence-corrected chi connectivity index (χ2v) is 7.86. The number of nitriles is 1. The van der Waals surface area contributed by atoms with Gasteiger partial charge in [-0.1, -0.05) is 30.3 Å². The van der Waals surface area contributed by atoms with Gasteiger partial charge in [-0.05, 0) is 30.7 Å². The average molecular weight is 410 g/mol. The van der Waals surface area contributed by atoms with E-state index in [4.69, 9.17) is 4.74 Å². The Kier molecular flexibility index (Phi) is 5.07. The van der Waals surface area contributed by atoms with Crippen LogP contribution in [-0.2, 0) is 10.5 Å². The summed E-state index contributed by atoms with van der Waals surface area (Å²) in [6.07, 6.45) is -0.0762. The first-order chi connectivity index (χ1) is 14.0. The molecule has 148 valence electrons. The number of carbonyl (C=O) groups excluding carboxylic acids is 1. The van der Waals surface area contributed by atoms with Crippen molar-refractivity contribution in [3.05, 3.63) is 76.1 Å². The molecule has 0 aromatic heterocycles. The molecule has 2 aliphatic heterocycles. The molecule has 0 saturated carbocycles. The minimum absolute atomic E-state index is 0.0762. The first-order valence-electron chi connectivity index (χ1n) is 9.30. The predicted molar refractivity (Wildman–Crippen MR) is 107 cm³/mol. The van der Waals surface area contributed by atoms with Crippen molar-refractivity contribution in [2.45, 2.75) is 25.0 Å². The van der Waals surface area contributed by atoms with E-state index in [-0.39, 0.29) is 18.1 Å². The minimum Gasteiger partial charge on any atom is -0.494 e. The summed E-state index contributed by atoms with van der Waals surface area (Å²) in [5.41, 5.74) is -0.397. The summed E-state index contributed by atoms with van der Waals surface area (Å²) in [6, 6.07) is 15.3. The van der Waals surface area contributed by atoms with Crippen molar-refractivity contribution in [3.8, 4) is 11.8 Å². The van der Waals surface area contributed by atoms with Crippen LogP contribution in [0.2, 0.25) is 0 Å². The van der Waals surface area contributed by atoms with E-state index < -0.39 is 17.5 Å². The molecule has 1 amide bonds. The van der Waals surface area contributed by atoms with Gasteiger partial charge in [0.25, 0.3) is 0 Å². The molecule has 29 heavy (non-hydrogen) atoms. The Morgan fingerprint density at radius 2 is 2.03 bits per heavy atom. The second-order valence-electron chi connectivity index (χ2n) is 6.90. The van der Waals surface area contributed by atoms with Crippen LogP contribution in [0.15, 0.2) is 59.1 Å². The largest absolute Gasteiger partial charge is 0.494 e. The second kappa shape index (κ2) is 7.54. The molecule has 5 nitrogen and oxygen atoms in total. The van der Waals surface area contributed by atoms with Crippen LogP contribution < -0.4 is 4.74 Å². The Labute approximate surface area is 172 Å². The van der Waals surface area contributed by atoms with E-state index in [1.807, 2.05) is 6.92 Å². The number of hydrogen-bond donors (Lipinski definition) is 1. The van der Waals surface area contributed by atoms with E-state index in [1.54, 1.807) is 42.5 Å². The van der Waals surface area contributed by atoms with Crippen LogP contribution >= 0.6 is 11.8 Å². The Morgan fingerprint density at radius 3 is 2.69 bits per heavy atom. The molecule has 1 fully saturated rings. The monoisotopic (exact) mass is 410 g/mol. The summed E-state index contributed by atoms with van der Waals surface area (Å²) in [5, 5.41) is 21.6. The molecule has 1 N–H and O–H groups in total. The number of rotatable bonds is 4. The van der Waals surface area contributed by atoms with E-state index in [9.17, 15) is 19.6 Å². The highest BCUT2D eigenvalue weighted by Crippen LogP contribution is 2.52. The fraction of sp³-hybridized carbons (Fsp3) is 0.273. The predicted octanol–water partition coefficient (Wildman–Crippen LogP) is 3.87. The lowest BCUT2D eigenvalue weighted by Gasteiger charge is -2.38. The summed E-state index contributed by atoms with van der Waals surface area (Å²) < 4.78 is 19.8. The van der Waals surface area contributed by atoms with Gasteiger partial charge in [-0.3, -0.25) is 9.69 Å². The third-order valence-corrected chi connectivity index (χ3v) is 6.44. The van der Waals surface area contributed by atoms with E-state index >= 15 is 0 Å². The fourth-order valence-corrected chi connectivity index (χ4v) is 5.21. The van der Waals surface area contributed by atoms with E-state index in [0.29, 0.717) is 34.1 Å². The quantitative estimate of drug-likeness (QED) is 0.828. The Balaban J connectivity index is 1.76. The van der Waals surface area contributed by atoms with Gasteiger partial charge in [-0.15, -0.1) is 11.8 Å². The van der Waals surface area contributed by atoms with Crippen molar-refractivity contribution in [1.29, 1.82) is 5.26 Å². The molecular formula is C22H19FN2O3S. The van der Waals surface area contributed by atoms with Crippen molar-refractivity contribution >= 4 is 17.7 Å². The maximum Gasteiger partial charge on any atom is 0.231 e. The minimum atomic E-state index is -1.57. The number of amides is 1. The van der Waals surface area contributed by atoms with Crippen LogP contribution in [0.4, 0.5) is 4.39 Å². The molecule has 0 unspecified atom stereocenters.